The van der Waals surface area contributed by atoms with Crippen molar-refractivity contribution < 1.29 is 47.9 Å². The Hall–Kier alpha value is -3.22. The molecule has 4 nitrogen and oxygen atoms in total. The second-order valence-corrected chi connectivity index (χ2v) is 13.3. The number of rotatable bonds is 9. The standard InChI is InChI=1S/C26H24NO.C14H23F3O2.Ir/c1-14(2)8-18-11-19-6-7-27-25-21-13-20-10-15(3)9-16(4)23(20)17(5)26(21)28-22(12-18)24(19)25;1-5-10(6-2)12(18)9(4)13(19)11(7-3)8-14(15,16)17;/h6-7,9-12,14H,8H2,1-5H3;10-11,18H,5-8H2,1-4H3;/q-1;;/b;12-9-;. The summed E-state index contributed by atoms with van der Waals surface area (Å²) in [5.74, 6) is 0.508. The molecular formula is C40H47F3IrNO3-. The number of fused-ring (bicyclic) bond motifs is 3. The average molecular weight is 839 g/mol. The monoisotopic (exact) mass is 839 g/mol. The third-order valence-electron chi connectivity index (χ3n) is 9.13. The van der Waals surface area contributed by atoms with E-state index in [0.717, 1.165) is 39.9 Å². The summed E-state index contributed by atoms with van der Waals surface area (Å²) in [6, 6.07) is 14.6. The first-order valence-electron chi connectivity index (χ1n) is 16.7. The van der Waals surface area contributed by atoms with Crippen LogP contribution >= 0.6 is 0 Å². The molecule has 2 heterocycles. The van der Waals surface area contributed by atoms with Crippen molar-refractivity contribution in [3.8, 4) is 22.8 Å². The molecule has 0 spiro atoms. The van der Waals surface area contributed by atoms with Crippen LogP contribution in [-0.2, 0) is 31.3 Å². The van der Waals surface area contributed by atoms with Crippen LogP contribution in [0.3, 0.4) is 0 Å². The maximum atomic E-state index is 12.4. The number of allylic oxidation sites excluding steroid dienone is 2. The Morgan fingerprint density at radius 2 is 1.62 bits per heavy atom. The topological polar surface area (TPSA) is 59.4 Å². The minimum atomic E-state index is -4.36. The number of aromatic nitrogens is 1. The average Bonchev–Trinajstić information content (AvgIpc) is 2.99. The van der Waals surface area contributed by atoms with Crippen LogP contribution in [0, 0.1) is 44.6 Å². The molecule has 1 radical (unpaired) electrons. The number of aryl methyl sites for hydroxylation is 3. The zero-order valence-electron chi connectivity index (χ0n) is 29.4. The number of pyridine rings is 1. The van der Waals surface area contributed by atoms with Crippen molar-refractivity contribution in [3.63, 3.8) is 0 Å². The summed E-state index contributed by atoms with van der Waals surface area (Å²) < 4.78 is 43.7. The molecule has 1 aliphatic heterocycles. The van der Waals surface area contributed by atoms with Crippen LogP contribution in [0.25, 0.3) is 32.8 Å². The SMILES string of the molecule is CCC(CC(F)(F)F)C(=O)/C(C)=C(\O)C(CC)CC.Cc1cc(C)c2c(C)c3c([c-]c2c1)-c1nccc2cc(CC(C)C)cc(c12)O3.[Ir]. The molecule has 0 bridgehead atoms. The van der Waals surface area contributed by atoms with Gasteiger partial charge in [-0.2, -0.15) is 13.2 Å². The van der Waals surface area contributed by atoms with Gasteiger partial charge in [0, 0.05) is 54.8 Å². The first-order chi connectivity index (χ1) is 22.1. The number of benzene rings is 3. The molecule has 1 aliphatic rings. The van der Waals surface area contributed by atoms with E-state index in [9.17, 15) is 23.1 Å². The Morgan fingerprint density at radius 1 is 0.979 bits per heavy atom. The summed E-state index contributed by atoms with van der Waals surface area (Å²) in [5.41, 5.74) is 7.03. The fourth-order valence-electron chi connectivity index (χ4n) is 6.77. The Kier molecular flexibility index (Phi) is 13.1. The normalized spacial score (nSPS) is 13.4. The summed E-state index contributed by atoms with van der Waals surface area (Å²) in [4.78, 5) is 16.8. The predicted molar refractivity (Wildman–Crippen MR) is 185 cm³/mol. The molecule has 0 saturated heterocycles. The molecule has 3 aromatic carbocycles. The van der Waals surface area contributed by atoms with Gasteiger partial charge in [0.25, 0.3) is 0 Å². The molecule has 4 aromatic rings. The first-order valence-corrected chi connectivity index (χ1v) is 16.7. The van der Waals surface area contributed by atoms with Gasteiger partial charge in [0.1, 0.15) is 11.5 Å². The Labute approximate surface area is 296 Å². The number of hydrogen-bond donors (Lipinski definition) is 1. The maximum absolute atomic E-state index is 12.4. The number of Topliss-reactive ketones (excluding diaryl/α,β-unsaturated/α-hetero) is 1. The maximum Gasteiger partial charge on any atom is 0.389 e. The second-order valence-electron chi connectivity index (χ2n) is 13.3. The predicted octanol–water partition coefficient (Wildman–Crippen LogP) is 11.9. The van der Waals surface area contributed by atoms with Crippen molar-refractivity contribution >= 4 is 27.3 Å². The van der Waals surface area contributed by atoms with E-state index < -0.39 is 24.3 Å². The van der Waals surface area contributed by atoms with E-state index in [1.54, 1.807) is 6.92 Å². The van der Waals surface area contributed by atoms with Gasteiger partial charge in [-0.1, -0.05) is 74.4 Å². The molecule has 48 heavy (non-hydrogen) atoms. The molecule has 8 heteroatoms. The number of aliphatic hydroxyl groups is 1. The molecule has 1 N–H and O–H groups in total. The van der Waals surface area contributed by atoms with E-state index >= 15 is 0 Å². The van der Waals surface area contributed by atoms with Gasteiger partial charge in [-0.05, 0) is 82.4 Å². The van der Waals surface area contributed by atoms with Crippen molar-refractivity contribution in [2.75, 3.05) is 0 Å². The zero-order chi connectivity index (χ0) is 34.8. The van der Waals surface area contributed by atoms with Crippen LogP contribution < -0.4 is 4.74 Å². The van der Waals surface area contributed by atoms with E-state index in [4.69, 9.17) is 9.72 Å². The van der Waals surface area contributed by atoms with Crippen molar-refractivity contribution in [1.82, 2.24) is 4.98 Å². The number of hydrogen-bond acceptors (Lipinski definition) is 4. The first kappa shape index (κ1) is 39.2. The van der Waals surface area contributed by atoms with Crippen LogP contribution in [0.5, 0.6) is 11.5 Å². The van der Waals surface area contributed by atoms with Gasteiger partial charge in [-0.15, -0.1) is 17.5 Å². The quantitative estimate of drug-likeness (QED) is 0.0913. The summed E-state index contributed by atoms with van der Waals surface area (Å²) in [7, 11) is 0. The summed E-state index contributed by atoms with van der Waals surface area (Å²) in [6.45, 7) is 17.7. The van der Waals surface area contributed by atoms with Crippen molar-refractivity contribution in [1.29, 1.82) is 0 Å². The molecule has 261 valence electrons. The zero-order valence-corrected chi connectivity index (χ0v) is 31.8. The summed E-state index contributed by atoms with van der Waals surface area (Å²) in [6.07, 6.45) is -1.11. The molecule has 0 saturated carbocycles. The number of ketones is 1. The number of nitrogens with zero attached hydrogens (tertiary/aromatic N) is 1. The fraction of sp³-hybridized carbons (Fsp3) is 0.450. The van der Waals surface area contributed by atoms with Crippen molar-refractivity contribution in [2.45, 2.75) is 101 Å². The number of halogens is 3. The van der Waals surface area contributed by atoms with Gasteiger partial charge >= 0.3 is 6.18 Å². The molecular weight excluding hydrogens is 792 g/mol. The molecule has 1 aromatic heterocycles. The number of carbonyl (C=O) groups excluding carboxylic acids is 1. The number of aliphatic hydroxyl groups excluding tert-OH is 1. The number of alkyl halides is 3. The van der Waals surface area contributed by atoms with Gasteiger partial charge in [-0.3, -0.25) is 9.78 Å². The third kappa shape index (κ3) is 8.49. The van der Waals surface area contributed by atoms with Gasteiger partial charge in [0.05, 0.1) is 12.2 Å². The minimum Gasteiger partial charge on any atom is -0.512 e. The smallest absolute Gasteiger partial charge is 0.389 e. The molecule has 0 aliphatic carbocycles. The summed E-state index contributed by atoms with van der Waals surface area (Å²) in [5, 5.41) is 14.6. The van der Waals surface area contributed by atoms with Crippen LogP contribution in [0.4, 0.5) is 13.2 Å². The van der Waals surface area contributed by atoms with Crippen LogP contribution in [-0.4, -0.2) is 22.1 Å². The number of carbonyl (C=O) groups is 1. The van der Waals surface area contributed by atoms with Gasteiger partial charge in [0.2, 0.25) is 0 Å². The molecule has 1 atom stereocenters. The van der Waals surface area contributed by atoms with E-state index in [1.165, 1.54) is 39.9 Å². The van der Waals surface area contributed by atoms with Gasteiger partial charge in [-0.25, -0.2) is 0 Å². The van der Waals surface area contributed by atoms with Gasteiger partial charge < -0.3 is 9.84 Å². The minimum absolute atomic E-state index is 0. The van der Waals surface area contributed by atoms with Crippen molar-refractivity contribution in [3.05, 3.63) is 76.2 Å². The molecule has 0 amide bonds. The molecule has 0 fully saturated rings. The largest absolute Gasteiger partial charge is 0.512 e. The van der Waals surface area contributed by atoms with Crippen LogP contribution in [0.2, 0.25) is 0 Å². The Balaban J connectivity index is 0.000000278. The van der Waals surface area contributed by atoms with E-state index in [0.29, 0.717) is 18.8 Å². The van der Waals surface area contributed by atoms with E-state index in [-0.39, 0.29) is 43.8 Å². The second kappa shape index (κ2) is 16.0. The Bertz CT molecular complexity index is 1820. The Morgan fingerprint density at radius 3 is 2.21 bits per heavy atom. The van der Waals surface area contributed by atoms with Gasteiger partial charge in [0.15, 0.2) is 5.78 Å². The van der Waals surface area contributed by atoms with Crippen LogP contribution in [0.15, 0.2) is 47.9 Å². The molecule has 5 rings (SSSR count). The molecule has 1 unspecified atom stereocenters. The summed E-state index contributed by atoms with van der Waals surface area (Å²) >= 11 is 0. The van der Waals surface area contributed by atoms with E-state index in [2.05, 4.69) is 71.0 Å². The van der Waals surface area contributed by atoms with Crippen molar-refractivity contribution in [2.24, 2.45) is 17.8 Å². The fourth-order valence-corrected chi connectivity index (χ4v) is 6.77. The van der Waals surface area contributed by atoms with Crippen LogP contribution in [0.1, 0.15) is 89.5 Å². The number of ether oxygens (including phenoxy) is 1. The third-order valence-corrected chi connectivity index (χ3v) is 9.13. The van der Waals surface area contributed by atoms with E-state index in [1.807, 2.05) is 20.0 Å².